The molecule has 0 saturated carbocycles. The summed E-state index contributed by atoms with van der Waals surface area (Å²) in [6.45, 7) is 1.34. The van der Waals surface area contributed by atoms with Crippen LogP contribution in [0.25, 0.3) is 0 Å². The Balaban J connectivity index is 2.47. The summed E-state index contributed by atoms with van der Waals surface area (Å²) in [7, 11) is 3.88. The largest absolute Gasteiger partial charge is 0.337 e. The van der Waals surface area contributed by atoms with Crippen LogP contribution < -0.4 is 10.6 Å². The summed E-state index contributed by atoms with van der Waals surface area (Å²) >= 11 is 11.7. The van der Waals surface area contributed by atoms with E-state index in [1.807, 2.05) is 19.0 Å². The number of likely N-dealkylation sites (N-methyl/N-ethyl adjacent to an activating group) is 1. The van der Waals surface area contributed by atoms with E-state index in [-0.39, 0.29) is 6.03 Å². The standard InChI is InChI=1S/C11H15Cl2N3O/c1-16(2)6-5-14-11(17)15-10-7-8(12)3-4-9(10)13/h3-4,7H,5-6H2,1-2H3,(H2,14,15,17). The zero-order valence-electron chi connectivity index (χ0n) is 9.76. The lowest BCUT2D eigenvalue weighted by Gasteiger charge is -2.12. The van der Waals surface area contributed by atoms with Crippen LogP contribution in [-0.4, -0.2) is 38.1 Å². The van der Waals surface area contributed by atoms with Gasteiger partial charge in [0.15, 0.2) is 0 Å². The normalized spacial score (nSPS) is 10.4. The molecule has 0 aliphatic heterocycles. The number of carbonyl (C=O) groups excluding carboxylic acids is 1. The van der Waals surface area contributed by atoms with Gasteiger partial charge in [-0.25, -0.2) is 4.79 Å². The van der Waals surface area contributed by atoms with Crippen molar-refractivity contribution in [2.24, 2.45) is 0 Å². The second kappa shape index (κ2) is 6.69. The molecule has 0 bridgehead atoms. The quantitative estimate of drug-likeness (QED) is 0.888. The minimum absolute atomic E-state index is 0.295. The molecule has 6 heteroatoms. The van der Waals surface area contributed by atoms with Gasteiger partial charge in [0.25, 0.3) is 0 Å². The van der Waals surface area contributed by atoms with Gasteiger partial charge in [0.2, 0.25) is 0 Å². The number of carbonyl (C=O) groups is 1. The average Bonchev–Trinajstić information content (AvgIpc) is 2.23. The van der Waals surface area contributed by atoms with E-state index in [1.165, 1.54) is 0 Å². The summed E-state index contributed by atoms with van der Waals surface area (Å²) in [6.07, 6.45) is 0. The van der Waals surface area contributed by atoms with Crippen LogP contribution in [0.1, 0.15) is 0 Å². The third-order valence-corrected chi connectivity index (χ3v) is 2.59. The Kier molecular flexibility index (Phi) is 5.55. The maximum Gasteiger partial charge on any atom is 0.319 e. The molecule has 0 aliphatic carbocycles. The molecule has 2 N–H and O–H groups in total. The third-order valence-electron chi connectivity index (χ3n) is 2.02. The number of nitrogens with one attached hydrogen (secondary N) is 2. The third kappa shape index (κ3) is 5.26. The number of hydrogen-bond donors (Lipinski definition) is 2. The molecule has 94 valence electrons. The van der Waals surface area contributed by atoms with Crippen molar-refractivity contribution in [1.29, 1.82) is 0 Å². The van der Waals surface area contributed by atoms with Crippen LogP contribution in [0.15, 0.2) is 18.2 Å². The van der Waals surface area contributed by atoms with E-state index in [9.17, 15) is 4.79 Å². The molecule has 0 radical (unpaired) electrons. The molecule has 17 heavy (non-hydrogen) atoms. The maximum absolute atomic E-state index is 11.5. The van der Waals surface area contributed by atoms with Crippen LogP contribution in [0.4, 0.5) is 10.5 Å². The SMILES string of the molecule is CN(C)CCNC(=O)Nc1cc(Cl)ccc1Cl. The second-order valence-corrected chi connectivity index (χ2v) is 4.65. The molecule has 0 aromatic heterocycles. The average molecular weight is 276 g/mol. The number of urea groups is 1. The van der Waals surface area contributed by atoms with Crippen molar-refractivity contribution in [3.8, 4) is 0 Å². The molecular weight excluding hydrogens is 261 g/mol. The number of anilines is 1. The lowest BCUT2D eigenvalue weighted by Crippen LogP contribution is -2.34. The lowest BCUT2D eigenvalue weighted by molar-refractivity contribution is 0.250. The molecule has 1 aromatic rings. The Morgan fingerprint density at radius 1 is 1.35 bits per heavy atom. The molecule has 0 atom stereocenters. The van der Waals surface area contributed by atoms with Crippen molar-refractivity contribution in [3.63, 3.8) is 0 Å². The first-order valence-electron chi connectivity index (χ1n) is 5.13. The highest BCUT2D eigenvalue weighted by Crippen LogP contribution is 2.25. The zero-order chi connectivity index (χ0) is 12.8. The van der Waals surface area contributed by atoms with Crippen molar-refractivity contribution >= 4 is 34.9 Å². The Morgan fingerprint density at radius 3 is 2.71 bits per heavy atom. The molecule has 0 saturated heterocycles. The smallest absolute Gasteiger partial charge is 0.319 e. The minimum atomic E-state index is -0.295. The number of benzene rings is 1. The highest BCUT2D eigenvalue weighted by Gasteiger charge is 2.05. The fraction of sp³-hybridized carbons (Fsp3) is 0.364. The van der Waals surface area contributed by atoms with Gasteiger partial charge in [-0.1, -0.05) is 23.2 Å². The molecule has 0 unspecified atom stereocenters. The molecule has 0 fully saturated rings. The molecule has 2 amide bonds. The Hall–Kier alpha value is -0.970. The summed E-state index contributed by atoms with van der Waals surface area (Å²) in [5.74, 6) is 0. The molecule has 0 aliphatic rings. The summed E-state index contributed by atoms with van der Waals surface area (Å²) in [4.78, 5) is 13.5. The van der Waals surface area contributed by atoms with Crippen molar-refractivity contribution < 1.29 is 4.79 Å². The number of halogens is 2. The topological polar surface area (TPSA) is 44.4 Å². The van der Waals surface area contributed by atoms with Crippen LogP contribution in [0.3, 0.4) is 0 Å². The minimum Gasteiger partial charge on any atom is -0.337 e. The van der Waals surface area contributed by atoms with Gasteiger partial charge in [-0.3, -0.25) is 0 Å². The van der Waals surface area contributed by atoms with E-state index < -0.39 is 0 Å². The molecular formula is C11H15Cl2N3O. The fourth-order valence-electron chi connectivity index (χ4n) is 1.15. The van der Waals surface area contributed by atoms with Gasteiger partial charge in [-0.05, 0) is 32.3 Å². The molecule has 4 nitrogen and oxygen atoms in total. The van der Waals surface area contributed by atoms with Gasteiger partial charge >= 0.3 is 6.03 Å². The van der Waals surface area contributed by atoms with Gasteiger partial charge in [0.1, 0.15) is 0 Å². The second-order valence-electron chi connectivity index (χ2n) is 3.81. The molecule has 1 rings (SSSR count). The van der Waals surface area contributed by atoms with Gasteiger partial charge < -0.3 is 15.5 Å². The van der Waals surface area contributed by atoms with E-state index >= 15 is 0 Å². The van der Waals surface area contributed by atoms with Gasteiger partial charge in [-0.2, -0.15) is 0 Å². The summed E-state index contributed by atoms with van der Waals surface area (Å²) in [5, 5.41) is 6.34. The van der Waals surface area contributed by atoms with E-state index in [4.69, 9.17) is 23.2 Å². The van der Waals surface area contributed by atoms with Crippen LogP contribution in [0, 0.1) is 0 Å². The van der Waals surface area contributed by atoms with Crippen molar-refractivity contribution in [1.82, 2.24) is 10.2 Å². The highest BCUT2D eigenvalue weighted by atomic mass is 35.5. The van der Waals surface area contributed by atoms with Crippen molar-refractivity contribution in [2.75, 3.05) is 32.5 Å². The Labute approximate surface area is 111 Å². The van der Waals surface area contributed by atoms with Crippen LogP contribution in [0.2, 0.25) is 10.0 Å². The van der Waals surface area contributed by atoms with Crippen LogP contribution >= 0.6 is 23.2 Å². The zero-order valence-corrected chi connectivity index (χ0v) is 11.3. The lowest BCUT2D eigenvalue weighted by atomic mass is 10.3. The first-order chi connectivity index (χ1) is 7.99. The monoisotopic (exact) mass is 275 g/mol. The van der Waals surface area contributed by atoms with Crippen molar-refractivity contribution in [3.05, 3.63) is 28.2 Å². The molecule has 0 heterocycles. The number of hydrogen-bond acceptors (Lipinski definition) is 2. The van der Waals surface area contributed by atoms with Crippen LogP contribution in [-0.2, 0) is 0 Å². The Bertz CT molecular complexity index is 396. The first kappa shape index (κ1) is 14.1. The highest BCUT2D eigenvalue weighted by molar-refractivity contribution is 6.35. The molecule has 0 spiro atoms. The van der Waals surface area contributed by atoms with Gasteiger partial charge in [0, 0.05) is 18.1 Å². The van der Waals surface area contributed by atoms with E-state index in [2.05, 4.69) is 10.6 Å². The summed E-state index contributed by atoms with van der Waals surface area (Å²) in [5.41, 5.74) is 0.501. The predicted molar refractivity (Wildman–Crippen MR) is 72.0 cm³/mol. The van der Waals surface area contributed by atoms with E-state index in [0.717, 1.165) is 6.54 Å². The summed E-state index contributed by atoms with van der Waals surface area (Å²) in [6, 6.07) is 4.62. The van der Waals surface area contributed by atoms with Crippen molar-refractivity contribution in [2.45, 2.75) is 0 Å². The van der Waals surface area contributed by atoms with Gasteiger partial charge in [0.05, 0.1) is 10.7 Å². The number of rotatable bonds is 4. The van der Waals surface area contributed by atoms with E-state index in [1.54, 1.807) is 18.2 Å². The first-order valence-corrected chi connectivity index (χ1v) is 5.89. The van der Waals surface area contributed by atoms with E-state index in [0.29, 0.717) is 22.3 Å². The number of nitrogens with zero attached hydrogens (tertiary/aromatic N) is 1. The Morgan fingerprint density at radius 2 is 2.06 bits per heavy atom. The maximum atomic E-state index is 11.5. The fourth-order valence-corrected chi connectivity index (χ4v) is 1.49. The predicted octanol–water partition coefficient (Wildman–Crippen LogP) is 2.68. The number of amides is 2. The summed E-state index contributed by atoms with van der Waals surface area (Å²) < 4.78 is 0. The van der Waals surface area contributed by atoms with Crippen LogP contribution in [0.5, 0.6) is 0 Å². The van der Waals surface area contributed by atoms with Gasteiger partial charge in [-0.15, -0.1) is 0 Å². The molecule has 1 aromatic carbocycles.